The minimum Gasteiger partial charge on any atom is -0.370 e. The van der Waals surface area contributed by atoms with Crippen LogP contribution in [0.1, 0.15) is 37.4 Å². The van der Waals surface area contributed by atoms with Gasteiger partial charge in [-0.1, -0.05) is 73.8 Å². The fourth-order valence-corrected chi connectivity index (χ4v) is 3.78. The number of hydrogen-bond acceptors (Lipinski definition) is 3. The third kappa shape index (κ3) is 5.06. The lowest BCUT2D eigenvalue weighted by molar-refractivity contribution is 0.104. The summed E-state index contributed by atoms with van der Waals surface area (Å²) in [6, 6.07) is 19.2. The highest BCUT2D eigenvalue weighted by molar-refractivity contribution is 6.30. The molecule has 0 unspecified atom stereocenters. The van der Waals surface area contributed by atoms with E-state index in [1.165, 1.54) is 0 Å². The van der Waals surface area contributed by atoms with Crippen molar-refractivity contribution in [3.05, 3.63) is 93.5 Å². The number of aromatic nitrogens is 3. The zero-order valence-corrected chi connectivity index (χ0v) is 18.4. The van der Waals surface area contributed by atoms with Crippen molar-refractivity contribution in [1.82, 2.24) is 14.0 Å². The van der Waals surface area contributed by atoms with Crippen LogP contribution in [0.3, 0.4) is 0 Å². The Morgan fingerprint density at radius 1 is 1.00 bits per heavy atom. The van der Waals surface area contributed by atoms with Gasteiger partial charge in [0.05, 0.1) is 24.6 Å². The molecule has 2 aromatic heterocycles. The van der Waals surface area contributed by atoms with Crippen molar-refractivity contribution in [2.24, 2.45) is 0 Å². The molecule has 0 radical (unpaired) electrons. The van der Waals surface area contributed by atoms with Crippen molar-refractivity contribution >= 4 is 17.4 Å². The molecule has 4 rings (SSSR count). The summed E-state index contributed by atoms with van der Waals surface area (Å²) in [4.78, 5) is 17.6. The normalized spacial score (nSPS) is 11.3. The molecule has 2 heterocycles. The van der Waals surface area contributed by atoms with Crippen molar-refractivity contribution in [3.63, 3.8) is 0 Å². The molecule has 0 aliphatic carbocycles. The summed E-state index contributed by atoms with van der Waals surface area (Å²) < 4.78 is 9.57. The first-order valence-corrected chi connectivity index (χ1v) is 11.0. The van der Waals surface area contributed by atoms with Crippen LogP contribution in [0.2, 0.25) is 5.02 Å². The number of ether oxygens (including phenoxy) is 1. The van der Waals surface area contributed by atoms with Gasteiger partial charge < -0.3 is 9.30 Å². The zero-order valence-electron chi connectivity index (χ0n) is 17.6. The minimum atomic E-state index is -0.104. The Morgan fingerprint density at radius 2 is 1.77 bits per heavy atom. The molecular weight excluding hydrogens is 410 g/mol. The number of benzene rings is 2. The fourth-order valence-electron chi connectivity index (χ4n) is 3.65. The standard InChI is InChI=1S/C25H26ClN3O2/c1-2-3-7-14-28-23(20-10-12-21(26)13-11-20)16-29-24(30)15-22(27-25(28)29)18-31-17-19-8-5-4-6-9-19/h4-6,8-13,15-16H,2-3,7,14,17-18H2,1H3. The topological polar surface area (TPSA) is 48.5 Å². The van der Waals surface area contributed by atoms with Crippen LogP contribution in [0.15, 0.2) is 71.7 Å². The maximum atomic E-state index is 12.8. The van der Waals surface area contributed by atoms with Crippen LogP contribution in [0.5, 0.6) is 0 Å². The van der Waals surface area contributed by atoms with Gasteiger partial charge in [0, 0.05) is 23.8 Å². The van der Waals surface area contributed by atoms with Gasteiger partial charge in [-0.3, -0.25) is 9.20 Å². The molecule has 160 valence electrons. The van der Waals surface area contributed by atoms with E-state index in [0.717, 1.165) is 42.6 Å². The molecule has 0 aliphatic rings. The van der Waals surface area contributed by atoms with Crippen molar-refractivity contribution in [2.75, 3.05) is 0 Å². The molecule has 0 saturated carbocycles. The number of aryl methyl sites for hydroxylation is 1. The van der Waals surface area contributed by atoms with Crippen LogP contribution < -0.4 is 5.56 Å². The minimum absolute atomic E-state index is 0.104. The summed E-state index contributed by atoms with van der Waals surface area (Å²) in [6.45, 7) is 3.74. The number of nitrogens with zero attached hydrogens (tertiary/aromatic N) is 3. The highest BCUT2D eigenvalue weighted by Crippen LogP contribution is 2.24. The Kier molecular flexibility index (Phi) is 6.85. The summed E-state index contributed by atoms with van der Waals surface area (Å²) in [7, 11) is 0. The van der Waals surface area contributed by atoms with E-state index >= 15 is 0 Å². The molecule has 0 saturated heterocycles. The Labute approximate surface area is 186 Å². The summed E-state index contributed by atoms with van der Waals surface area (Å²) in [5.41, 5.74) is 3.59. The molecule has 0 amide bonds. The van der Waals surface area contributed by atoms with Gasteiger partial charge in [0.15, 0.2) is 0 Å². The first-order chi connectivity index (χ1) is 15.2. The van der Waals surface area contributed by atoms with E-state index in [4.69, 9.17) is 21.3 Å². The van der Waals surface area contributed by atoms with Crippen LogP contribution >= 0.6 is 11.6 Å². The summed E-state index contributed by atoms with van der Waals surface area (Å²) >= 11 is 6.07. The highest BCUT2D eigenvalue weighted by atomic mass is 35.5. The number of hydrogen-bond donors (Lipinski definition) is 0. The largest absolute Gasteiger partial charge is 0.370 e. The fraction of sp³-hybridized carbons (Fsp3) is 0.280. The van der Waals surface area contributed by atoms with Crippen LogP contribution in [0, 0.1) is 0 Å². The first-order valence-electron chi connectivity index (χ1n) is 10.6. The predicted molar refractivity (Wildman–Crippen MR) is 124 cm³/mol. The summed E-state index contributed by atoms with van der Waals surface area (Å²) in [6.07, 6.45) is 5.14. The molecule has 0 N–H and O–H groups in total. The third-order valence-corrected chi connectivity index (χ3v) is 5.51. The molecule has 0 aliphatic heterocycles. The zero-order chi connectivity index (χ0) is 21.6. The number of halogens is 1. The number of imidazole rings is 1. The van der Waals surface area contributed by atoms with Crippen molar-refractivity contribution < 1.29 is 4.74 Å². The van der Waals surface area contributed by atoms with E-state index in [9.17, 15) is 4.79 Å². The molecule has 0 atom stereocenters. The smallest absolute Gasteiger partial charge is 0.259 e. The SMILES string of the molecule is CCCCCn1c(-c2ccc(Cl)cc2)cn2c(=O)cc(COCc3ccccc3)nc12. The second kappa shape index (κ2) is 9.94. The average Bonchev–Trinajstić information content (AvgIpc) is 3.14. The first kappa shape index (κ1) is 21.3. The Morgan fingerprint density at radius 3 is 2.52 bits per heavy atom. The second-order valence-electron chi connectivity index (χ2n) is 7.61. The molecule has 4 aromatic rings. The van der Waals surface area contributed by atoms with E-state index in [-0.39, 0.29) is 12.2 Å². The van der Waals surface area contributed by atoms with Gasteiger partial charge in [0.1, 0.15) is 0 Å². The molecule has 2 aromatic carbocycles. The van der Waals surface area contributed by atoms with Crippen LogP contribution in [0.25, 0.3) is 17.0 Å². The lowest BCUT2D eigenvalue weighted by Crippen LogP contribution is -2.16. The molecule has 0 fully saturated rings. The van der Waals surface area contributed by atoms with Gasteiger partial charge in [0.25, 0.3) is 5.56 Å². The maximum Gasteiger partial charge on any atom is 0.259 e. The molecule has 0 spiro atoms. The van der Waals surface area contributed by atoms with Crippen molar-refractivity contribution in [1.29, 1.82) is 0 Å². The molecule has 31 heavy (non-hydrogen) atoms. The molecular formula is C25H26ClN3O2. The maximum absolute atomic E-state index is 12.8. The number of rotatable bonds is 9. The molecule has 0 bridgehead atoms. The summed E-state index contributed by atoms with van der Waals surface area (Å²) in [5, 5.41) is 0.686. The van der Waals surface area contributed by atoms with E-state index in [2.05, 4.69) is 11.5 Å². The monoisotopic (exact) mass is 435 g/mol. The summed E-state index contributed by atoms with van der Waals surface area (Å²) in [5.74, 6) is 0.645. The van der Waals surface area contributed by atoms with Crippen molar-refractivity contribution in [3.8, 4) is 11.3 Å². The van der Waals surface area contributed by atoms with Gasteiger partial charge in [-0.2, -0.15) is 0 Å². The van der Waals surface area contributed by atoms with Crippen molar-refractivity contribution in [2.45, 2.75) is 45.9 Å². The number of unbranched alkanes of at least 4 members (excludes halogenated alkanes) is 2. The Bertz CT molecular complexity index is 1200. The Balaban J connectivity index is 1.66. The van der Waals surface area contributed by atoms with Crippen LogP contribution in [0.4, 0.5) is 0 Å². The van der Waals surface area contributed by atoms with Gasteiger partial charge in [-0.05, 0) is 29.7 Å². The predicted octanol–water partition coefficient (Wildman–Crippen LogP) is 5.72. The van der Waals surface area contributed by atoms with Crippen LogP contribution in [-0.4, -0.2) is 14.0 Å². The quantitative estimate of drug-likeness (QED) is 0.316. The lowest BCUT2D eigenvalue weighted by atomic mass is 10.1. The van der Waals surface area contributed by atoms with Gasteiger partial charge in [-0.25, -0.2) is 4.98 Å². The van der Waals surface area contributed by atoms with Crippen LogP contribution in [-0.2, 0) is 24.5 Å². The van der Waals surface area contributed by atoms with E-state index < -0.39 is 0 Å². The average molecular weight is 436 g/mol. The van der Waals surface area contributed by atoms with Gasteiger partial charge in [-0.15, -0.1) is 0 Å². The van der Waals surface area contributed by atoms with E-state index in [0.29, 0.717) is 23.1 Å². The van der Waals surface area contributed by atoms with Gasteiger partial charge >= 0.3 is 0 Å². The number of fused-ring (bicyclic) bond motifs is 1. The molecule has 5 nitrogen and oxygen atoms in total. The molecule has 6 heteroatoms. The third-order valence-electron chi connectivity index (χ3n) is 5.26. The van der Waals surface area contributed by atoms with E-state index in [1.54, 1.807) is 10.5 Å². The highest BCUT2D eigenvalue weighted by Gasteiger charge is 2.14. The van der Waals surface area contributed by atoms with E-state index in [1.807, 2.05) is 60.8 Å². The second-order valence-corrected chi connectivity index (χ2v) is 8.05. The lowest BCUT2D eigenvalue weighted by Gasteiger charge is -2.10. The van der Waals surface area contributed by atoms with Gasteiger partial charge in [0.2, 0.25) is 5.78 Å². The Hall–Kier alpha value is -2.89.